The molecule has 3 rings (SSSR count). The maximum absolute atomic E-state index is 12.5. The molecular formula is C17H20ClNO4S. The van der Waals surface area contributed by atoms with Gasteiger partial charge in [0.2, 0.25) is 5.91 Å². The molecule has 24 heavy (non-hydrogen) atoms. The topological polar surface area (TPSA) is 66.8 Å². The lowest BCUT2D eigenvalue weighted by Gasteiger charge is -2.33. The highest BCUT2D eigenvalue weighted by molar-refractivity contribution is 7.99. The number of carboxylic acids is 1. The Morgan fingerprint density at radius 3 is 2.79 bits per heavy atom. The van der Waals surface area contributed by atoms with E-state index in [0.717, 1.165) is 4.90 Å². The van der Waals surface area contributed by atoms with Crippen molar-refractivity contribution < 1.29 is 19.4 Å². The van der Waals surface area contributed by atoms with Crippen molar-refractivity contribution >= 4 is 35.2 Å². The van der Waals surface area contributed by atoms with Gasteiger partial charge in [-0.3, -0.25) is 9.59 Å². The minimum atomic E-state index is -0.822. The quantitative estimate of drug-likeness (QED) is 0.808. The van der Waals surface area contributed by atoms with Gasteiger partial charge in [-0.15, -0.1) is 11.8 Å². The SMILES string of the molecule is O=C(CCSc1ccc(Cl)cc1)N1C[C@H]2COCC[C@@]2(C(=O)O)C1. The Labute approximate surface area is 150 Å². The maximum atomic E-state index is 12.5. The molecule has 2 aliphatic heterocycles. The maximum Gasteiger partial charge on any atom is 0.311 e. The zero-order valence-electron chi connectivity index (χ0n) is 13.2. The second-order valence-electron chi connectivity index (χ2n) is 6.31. The van der Waals surface area contributed by atoms with Crippen LogP contribution in [0.2, 0.25) is 5.02 Å². The molecule has 2 heterocycles. The Hall–Kier alpha value is -1.24. The van der Waals surface area contributed by atoms with Crippen molar-refractivity contribution in [3.05, 3.63) is 29.3 Å². The van der Waals surface area contributed by atoms with Crippen molar-refractivity contribution in [2.45, 2.75) is 17.7 Å². The van der Waals surface area contributed by atoms with Gasteiger partial charge < -0.3 is 14.7 Å². The minimum absolute atomic E-state index is 0.0199. The van der Waals surface area contributed by atoms with Crippen molar-refractivity contribution in [3.8, 4) is 0 Å². The average molecular weight is 370 g/mol. The summed E-state index contributed by atoms with van der Waals surface area (Å²) in [5.41, 5.74) is -0.822. The zero-order chi connectivity index (χ0) is 17.2. The highest BCUT2D eigenvalue weighted by atomic mass is 35.5. The summed E-state index contributed by atoms with van der Waals surface area (Å²) in [6.07, 6.45) is 0.882. The monoisotopic (exact) mass is 369 g/mol. The fourth-order valence-corrected chi connectivity index (χ4v) is 4.40. The smallest absolute Gasteiger partial charge is 0.311 e. The van der Waals surface area contributed by atoms with Crippen molar-refractivity contribution in [2.24, 2.45) is 11.3 Å². The van der Waals surface area contributed by atoms with Crippen LogP contribution in [0.1, 0.15) is 12.8 Å². The van der Waals surface area contributed by atoms with Crippen molar-refractivity contribution in [2.75, 3.05) is 32.1 Å². The van der Waals surface area contributed by atoms with Crippen LogP contribution < -0.4 is 0 Å². The summed E-state index contributed by atoms with van der Waals surface area (Å²) in [6, 6.07) is 7.51. The normalized spacial score (nSPS) is 26.2. The molecule has 2 aliphatic rings. The van der Waals surface area contributed by atoms with Crippen LogP contribution in [0.3, 0.4) is 0 Å². The van der Waals surface area contributed by atoms with Gasteiger partial charge in [0.05, 0.1) is 12.0 Å². The summed E-state index contributed by atoms with van der Waals surface area (Å²) in [6.45, 7) is 1.67. The first-order valence-electron chi connectivity index (χ1n) is 7.98. The number of thioether (sulfide) groups is 1. The van der Waals surface area contributed by atoms with Gasteiger partial charge in [-0.2, -0.15) is 0 Å². The second kappa shape index (κ2) is 7.33. The number of carbonyl (C=O) groups excluding carboxylic acids is 1. The number of nitrogens with zero attached hydrogens (tertiary/aromatic N) is 1. The average Bonchev–Trinajstić information content (AvgIpc) is 2.98. The third-order valence-electron chi connectivity index (χ3n) is 4.88. The van der Waals surface area contributed by atoms with E-state index in [2.05, 4.69) is 0 Å². The summed E-state index contributed by atoms with van der Waals surface area (Å²) < 4.78 is 5.42. The highest BCUT2D eigenvalue weighted by Crippen LogP contribution is 2.42. The highest BCUT2D eigenvalue weighted by Gasteiger charge is 2.54. The number of amides is 1. The van der Waals surface area contributed by atoms with E-state index in [1.54, 1.807) is 16.7 Å². The van der Waals surface area contributed by atoms with E-state index >= 15 is 0 Å². The molecular weight excluding hydrogens is 350 g/mol. The van der Waals surface area contributed by atoms with Crippen LogP contribution in [0, 0.1) is 11.3 Å². The van der Waals surface area contributed by atoms with Gasteiger partial charge in [0.25, 0.3) is 0 Å². The van der Waals surface area contributed by atoms with E-state index in [9.17, 15) is 14.7 Å². The van der Waals surface area contributed by atoms with Gasteiger partial charge in [-0.25, -0.2) is 0 Å². The van der Waals surface area contributed by atoms with Gasteiger partial charge in [-0.05, 0) is 30.7 Å². The predicted molar refractivity (Wildman–Crippen MR) is 92.4 cm³/mol. The van der Waals surface area contributed by atoms with Crippen LogP contribution in [0.25, 0.3) is 0 Å². The third-order valence-corrected chi connectivity index (χ3v) is 6.15. The van der Waals surface area contributed by atoms with E-state index in [-0.39, 0.29) is 11.8 Å². The molecule has 2 atom stereocenters. The summed E-state index contributed by atoms with van der Waals surface area (Å²) in [7, 11) is 0. The number of carboxylic acid groups (broad SMARTS) is 1. The summed E-state index contributed by atoms with van der Waals surface area (Å²) in [5, 5.41) is 10.3. The molecule has 0 unspecified atom stereocenters. The van der Waals surface area contributed by atoms with Crippen LogP contribution in [-0.2, 0) is 14.3 Å². The first-order valence-corrected chi connectivity index (χ1v) is 9.35. The van der Waals surface area contributed by atoms with Crippen molar-refractivity contribution in [3.63, 3.8) is 0 Å². The number of carbonyl (C=O) groups is 2. The number of ether oxygens (including phenoxy) is 1. The first kappa shape index (κ1) is 17.6. The Bertz CT molecular complexity index is 624. The summed E-state index contributed by atoms with van der Waals surface area (Å²) in [4.78, 5) is 27.0. The lowest BCUT2D eigenvalue weighted by atomic mass is 9.74. The lowest BCUT2D eigenvalue weighted by Crippen LogP contribution is -2.45. The molecule has 1 aromatic rings. The zero-order valence-corrected chi connectivity index (χ0v) is 14.8. The fourth-order valence-electron chi connectivity index (χ4n) is 3.43. The molecule has 0 bridgehead atoms. The van der Waals surface area contributed by atoms with Crippen LogP contribution in [0.15, 0.2) is 29.2 Å². The molecule has 1 N–H and O–H groups in total. The van der Waals surface area contributed by atoms with Crippen molar-refractivity contribution in [1.29, 1.82) is 0 Å². The predicted octanol–water partition coefficient (Wildman–Crippen LogP) is 2.77. The number of likely N-dealkylation sites (tertiary alicyclic amines) is 1. The minimum Gasteiger partial charge on any atom is -0.481 e. The molecule has 0 radical (unpaired) electrons. The molecule has 0 aliphatic carbocycles. The number of rotatable bonds is 5. The van der Waals surface area contributed by atoms with E-state index in [1.165, 1.54) is 0 Å². The third kappa shape index (κ3) is 3.55. The van der Waals surface area contributed by atoms with Crippen LogP contribution >= 0.6 is 23.4 Å². The summed E-state index contributed by atoms with van der Waals surface area (Å²) in [5.74, 6) is -0.220. The molecule has 2 saturated heterocycles. The van der Waals surface area contributed by atoms with Gasteiger partial charge in [0, 0.05) is 47.7 Å². The Morgan fingerprint density at radius 1 is 1.38 bits per heavy atom. The first-order chi connectivity index (χ1) is 11.5. The van der Waals surface area contributed by atoms with E-state index in [1.807, 2.05) is 24.3 Å². The van der Waals surface area contributed by atoms with E-state index < -0.39 is 11.4 Å². The molecule has 130 valence electrons. The molecule has 0 spiro atoms. The lowest BCUT2D eigenvalue weighted by molar-refractivity contribution is -0.157. The Kier molecular flexibility index (Phi) is 5.37. The molecule has 7 heteroatoms. The summed E-state index contributed by atoms with van der Waals surface area (Å²) >= 11 is 7.45. The molecule has 0 saturated carbocycles. The fraction of sp³-hybridized carbons (Fsp3) is 0.529. The number of aliphatic carboxylic acids is 1. The molecule has 0 aromatic heterocycles. The van der Waals surface area contributed by atoms with Gasteiger partial charge >= 0.3 is 5.97 Å². The van der Waals surface area contributed by atoms with Gasteiger partial charge in [0.1, 0.15) is 0 Å². The number of hydrogen-bond donors (Lipinski definition) is 1. The Morgan fingerprint density at radius 2 is 2.12 bits per heavy atom. The van der Waals surface area contributed by atoms with Gasteiger partial charge in [0.15, 0.2) is 0 Å². The van der Waals surface area contributed by atoms with Crippen LogP contribution in [0.4, 0.5) is 0 Å². The molecule has 2 fully saturated rings. The van der Waals surface area contributed by atoms with Crippen LogP contribution in [0.5, 0.6) is 0 Å². The number of fused-ring (bicyclic) bond motifs is 1. The van der Waals surface area contributed by atoms with Crippen molar-refractivity contribution in [1.82, 2.24) is 4.90 Å². The Balaban J connectivity index is 1.54. The molecule has 1 aromatic carbocycles. The second-order valence-corrected chi connectivity index (χ2v) is 7.91. The van der Waals surface area contributed by atoms with Crippen LogP contribution in [-0.4, -0.2) is 53.9 Å². The van der Waals surface area contributed by atoms with E-state index in [0.29, 0.717) is 49.9 Å². The standard InChI is InChI=1S/C17H20ClNO4S/c18-13-1-3-14(4-2-13)24-8-5-15(20)19-9-12-10-23-7-6-17(12,11-19)16(21)22/h1-4,12H,5-11H2,(H,21,22)/t12-,17+/m0/s1. The number of hydrogen-bond acceptors (Lipinski definition) is 4. The largest absolute Gasteiger partial charge is 0.481 e. The van der Waals surface area contributed by atoms with E-state index in [4.69, 9.17) is 16.3 Å². The number of halogens is 1. The molecule has 5 nitrogen and oxygen atoms in total. The van der Waals surface area contributed by atoms with Gasteiger partial charge in [-0.1, -0.05) is 11.6 Å². The number of benzene rings is 1. The molecule has 1 amide bonds.